The minimum Gasteiger partial charge on any atom is -0.465 e. The van der Waals surface area contributed by atoms with Crippen LogP contribution >= 0.6 is 0 Å². The molecule has 7 nitrogen and oxygen atoms in total. The number of esters is 2. The maximum Gasteiger partial charge on any atom is 0.337 e. The Balaban J connectivity index is 1.86. The zero-order valence-electron chi connectivity index (χ0n) is 13.8. The molecule has 0 radical (unpaired) electrons. The number of nitrogens with one attached hydrogen (secondary N) is 1. The maximum absolute atomic E-state index is 13.1. The molecule has 1 N–H and O–H groups in total. The van der Waals surface area contributed by atoms with Gasteiger partial charge in [0.25, 0.3) is 0 Å². The second-order valence-corrected chi connectivity index (χ2v) is 6.90. The Morgan fingerprint density at radius 3 is 2.42 bits per heavy atom. The van der Waals surface area contributed by atoms with E-state index in [2.05, 4.69) is 4.74 Å². The van der Waals surface area contributed by atoms with Gasteiger partial charge in [0.15, 0.2) is 0 Å². The first-order valence-corrected chi connectivity index (χ1v) is 8.88. The highest BCUT2D eigenvalue weighted by Gasteiger charge is 2.16. The van der Waals surface area contributed by atoms with E-state index in [0.717, 1.165) is 12.1 Å². The summed E-state index contributed by atoms with van der Waals surface area (Å²) in [6.45, 7) is -0.693. The molecule has 2 aromatic rings. The van der Waals surface area contributed by atoms with Gasteiger partial charge in [0.2, 0.25) is 10.0 Å². The zero-order valence-corrected chi connectivity index (χ0v) is 14.6. The third-order valence-corrected chi connectivity index (χ3v) is 4.69. The van der Waals surface area contributed by atoms with Crippen LogP contribution in [0.4, 0.5) is 4.39 Å². The zero-order chi connectivity index (χ0) is 19.2. The summed E-state index contributed by atoms with van der Waals surface area (Å²) in [7, 11) is -2.75. The first kappa shape index (κ1) is 19.5. The largest absolute Gasteiger partial charge is 0.465 e. The van der Waals surface area contributed by atoms with Crippen molar-refractivity contribution in [1.29, 1.82) is 0 Å². The molecule has 0 unspecified atom stereocenters. The van der Waals surface area contributed by atoms with Crippen molar-refractivity contribution in [2.75, 3.05) is 13.7 Å². The Hall–Kier alpha value is -2.78. The third kappa shape index (κ3) is 5.36. The Morgan fingerprint density at radius 1 is 1.12 bits per heavy atom. The highest BCUT2D eigenvalue weighted by Crippen LogP contribution is 2.10. The smallest absolute Gasteiger partial charge is 0.337 e. The summed E-state index contributed by atoms with van der Waals surface area (Å²) in [5.41, 5.74) is 0.962. The van der Waals surface area contributed by atoms with Crippen molar-refractivity contribution in [3.05, 3.63) is 65.5 Å². The lowest BCUT2D eigenvalue weighted by atomic mass is 10.1. The van der Waals surface area contributed by atoms with Crippen LogP contribution in [0, 0.1) is 5.82 Å². The Labute approximate surface area is 149 Å². The normalized spacial score (nSPS) is 11.0. The van der Waals surface area contributed by atoms with E-state index >= 15 is 0 Å². The Morgan fingerprint density at radius 2 is 1.81 bits per heavy atom. The summed E-state index contributed by atoms with van der Waals surface area (Å²) < 4.78 is 48.6. The summed E-state index contributed by atoms with van der Waals surface area (Å²) in [5, 5.41) is 0. The Kier molecular flexibility index (Phi) is 6.42. The predicted molar refractivity (Wildman–Crippen MR) is 89.2 cm³/mol. The van der Waals surface area contributed by atoms with Crippen LogP contribution in [0.15, 0.2) is 53.4 Å². The van der Waals surface area contributed by atoms with Crippen LogP contribution in [-0.2, 0) is 30.9 Å². The average Bonchev–Trinajstić information content (AvgIpc) is 2.64. The van der Waals surface area contributed by atoms with Crippen molar-refractivity contribution in [3.63, 3.8) is 0 Å². The summed E-state index contributed by atoms with van der Waals surface area (Å²) >= 11 is 0. The molecule has 0 aliphatic carbocycles. The van der Waals surface area contributed by atoms with Gasteiger partial charge in [-0.2, -0.15) is 4.72 Å². The molecule has 0 aromatic heterocycles. The van der Waals surface area contributed by atoms with Gasteiger partial charge in [-0.25, -0.2) is 17.6 Å². The number of rotatable bonds is 7. The van der Waals surface area contributed by atoms with Crippen molar-refractivity contribution in [2.24, 2.45) is 0 Å². The number of halogens is 1. The molecule has 0 aliphatic rings. The minimum atomic E-state index is -4.02. The number of carbonyl (C=O) groups is 2. The maximum atomic E-state index is 13.1. The number of methoxy groups -OCH3 is 1. The van der Waals surface area contributed by atoms with E-state index in [1.165, 1.54) is 31.4 Å². The molecule has 0 aliphatic heterocycles. The van der Waals surface area contributed by atoms with Gasteiger partial charge in [-0.1, -0.05) is 18.2 Å². The van der Waals surface area contributed by atoms with Crippen LogP contribution in [0.25, 0.3) is 0 Å². The lowest BCUT2D eigenvalue weighted by Crippen LogP contribution is -2.30. The third-order valence-electron chi connectivity index (χ3n) is 3.29. The van der Waals surface area contributed by atoms with Crippen molar-refractivity contribution in [1.82, 2.24) is 4.72 Å². The number of hydrogen-bond donors (Lipinski definition) is 1. The highest BCUT2D eigenvalue weighted by molar-refractivity contribution is 7.89. The van der Waals surface area contributed by atoms with E-state index in [-0.39, 0.29) is 11.5 Å². The van der Waals surface area contributed by atoms with Gasteiger partial charge in [-0.3, -0.25) is 4.79 Å². The van der Waals surface area contributed by atoms with E-state index in [4.69, 9.17) is 4.74 Å². The van der Waals surface area contributed by atoms with E-state index in [1.807, 2.05) is 4.72 Å². The van der Waals surface area contributed by atoms with E-state index in [0.29, 0.717) is 11.1 Å². The highest BCUT2D eigenvalue weighted by atomic mass is 32.2. The second-order valence-electron chi connectivity index (χ2n) is 5.13. The Bertz CT molecular complexity index is 896. The van der Waals surface area contributed by atoms with Gasteiger partial charge in [-0.15, -0.1) is 0 Å². The first-order valence-electron chi connectivity index (χ1n) is 7.40. The fourth-order valence-corrected chi connectivity index (χ4v) is 2.94. The average molecular weight is 381 g/mol. The number of benzene rings is 2. The summed E-state index contributed by atoms with van der Waals surface area (Å²) in [5.74, 6) is -1.99. The fraction of sp³-hybridized carbons (Fsp3) is 0.176. The molecule has 0 saturated heterocycles. The standard InChI is InChI=1S/C17H16FNO6S/c1-24-17(21)13-7-5-12(6-8-13)11-25-16(20)10-19-26(22,23)15-4-2-3-14(18)9-15/h2-9,19H,10-11H2,1H3. The van der Waals surface area contributed by atoms with E-state index in [9.17, 15) is 22.4 Å². The molecule has 2 rings (SSSR count). The summed E-state index contributed by atoms with van der Waals surface area (Å²) in [6.07, 6.45) is 0. The van der Waals surface area contributed by atoms with Gasteiger partial charge in [-0.05, 0) is 35.9 Å². The lowest BCUT2D eigenvalue weighted by molar-refractivity contribution is -0.143. The molecular formula is C17H16FNO6S. The monoisotopic (exact) mass is 381 g/mol. The van der Waals surface area contributed by atoms with Crippen LogP contribution in [0.5, 0.6) is 0 Å². The van der Waals surface area contributed by atoms with Gasteiger partial charge < -0.3 is 9.47 Å². The van der Waals surface area contributed by atoms with Gasteiger partial charge in [0.1, 0.15) is 19.0 Å². The topological polar surface area (TPSA) is 98.8 Å². The van der Waals surface area contributed by atoms with Crippen LogP contribution < -0.4 is 4.72 Å². The second kappa shape index (κ2) is 8.54. The molecule has 9 heteroatoms. The number of sulfonamides is 1. The number of ether oxygens (including phenoxy) is 2. The van der Waals surface area contributed by atoms with Crippen molar-refractivity contribution in [3.8, 4) is 0 Å². The molecule has 0 saturated carbocycles. The molecule has 0 atom stereocenters. The van der Waals surface area contributed by atoms with E-state index < -0.39 is 34.3 Å². The molecule has 0 heterocycles. The van der Waals surface area contributed by atoms with Crippen LogP contribution in [0.2, 0.25) is 0 Å². The molecule has 0 bridgehead atoms. The molecular weight excluding hydrogens is 365 g/mol. The van der Waals surface area contributed by atoms with Gasteiger partial charge >= 0.3 is 11.9 Å². The quantitative estimate of drug-likeness (QED) is 0.732. The summed E-state index contributed by atoms with van der Waals surface area (Å²) in [4.78, 5) is 22.7. The SMILES string of the molecule is COC(=O)c1ccc(COC(=O)CNS(=O)(=O)c2cccc(F)c2)cc1. The van der Waals surface area contributed by atoms with Gasteiger partial charge in [0.05, 0.1) is 17.6 Å². The molecule has 26 heavy (non-hydrogen) atoms. The predicted octanol–water partition coefficient (Wildman–Crippen LogP) is 1.63. The summed E-state index contributed by atoms with van der Waals surface area (Å²) in [6, 6.07) is 10.6. The molecule has 0 amide bonds. The van der Waals surface area contributed by atoms with E-state index in [1.54, 1.807) is 12.1 Å². The lowest BCUT2D eigenvalue weighted by Gasteiger charge is -2.08. The van der Waals surface area contributed by atoms with Crippen LogP contribution in [0.1, 0.15) is 15.9 Å². The fourth-order valence-electron chi connectivity index (χ4n) is 1.94. The molecule has 0 spiro atoms. The van der Waals surface area contributed by atoms with Crippen molar-refractivity contribution in [2.45, 2.75) is 11.5 Å². The van der Waals surface area contributed by atoms with Crippen LogP contribution in [0.3, 0.4) is 0 Å². The van der Waals surface area contributed by atoms with Crippen molar-refractivity contribution < 1.29 is 31.9 Å². The number of carbonyl (C=O) groups excluding carboxylic acids is 2. The number of hydrogen-bond acceptors (Lipinski definition) is 6. The molecule has 138 valence electrons. The minimum absolute atomic E-state index is 0.0953. The molecule has 2 aromatic carbocycles. The van der Waals surface area contributed by atoms with Gasteiger partial charge in [0, 0.05) is 0 Å². The van der Waals surface area contributed by atoms with Crippen LogP contribution in [-0.4, -0.2) is 34.0 Å². The van der Waals surface area contributed by atoms with Crippen molar-refractivity contribution >= 4 is 22.0 Å². The first-order chi connectivity index (χ1) is 12.3. The molecule has 0 fully saturated rings.